The van der Waals surface area contributed by atoms with Crippen molar-refractivity contribution in [3.05, 3.63) is 82.4 Å². The Morgan fingerprint density at radius 3 is 2.56 bits per heavy atom. The number of rotatable bonds is 15. The summed E-state index contributed by atoms with van der Waals surface area (Å²) >= 11 is 14.2. The Morgan fingerprint density at radius 1 is 1.02 bits per heavy atom. The number of imidazole rings is 1. The van der Waals surface area contributed by atoms with Gasteiger partial charge in [0.15, 0.2) is 11.4 Å². The normalized spacial score (nSPS) is 16.2. The van der Waals surface area contributed by atoms with Gasteiger partial charge in [-0.25, -0.2) is 9.97 Å². The number of carbonyl (C=O) groups excluding carboxylic acids is 1. The van der Waals surface area contributed by atoms with E-state index in [0.29, 0.717) is 83.3 Å². The van der Waals surface area contributed by atoms with Gasteiger partial charge in [0.25, 0.3) is 0 Å². The predicted octanol–water partition coefficient (Wildman–Crippen LogP) is 6.16. The Morgan fingerprint density at radius 2 is 1.83 bits per heavy atom. The Labute approximate surface area is 310 Å². The van der Waals surface area contributed by atoms with E-state index in [0.717, 1.165) is 47.2 Å². The number of carboxylic acid groups (broad SMARTS) is 1. The molecule has 5 heterocycles. The summed E-state index contributed by atoms with van der Waals surface area (Å²) in [5.41, 5.74) is 5.82. The SMILES string of the molecule is COc1nc(-c2cccc(-c3ccnc(-c4cc(OC)c5nc(CNCCC6(C(=O)O)CC6)cn5c4)c3Cl)c2Cl)ccc1CNC[C@@H]1CCC(=O)N1. The maximum Gasteiger partial charge on any atom is 0.309 e. The molecule has 52 heavy (non-hydrogen) atoms. The fourth-order valence-corrected chi connectivity index (χ4v) is 7.33. The molecule has 2 fully saturated rings. The Balaban J connectivity index is 1.11. The summed E-state index contributed by atoms with van der Waals surface area (Å²) in [4.78, 5) is 37.2. The van der Waals surface area contributed by atoms with Crippen molar-refractivity contribution in [1.82, 2.24) is 35.3 Å². The number of aromatic nitrogens is 4. The molecule has 0 spiro atoms. The quantitative estimate of drug-likeness (QED) is 0.0918. The van der Waals surface area contributed by atoms with Crippen LogP contribution in [0.25, 0.3) is 39.3 Å². The van der Waals surface area contributed by atoms with Crippen LogP contribution in [0.15, 0.2) is 61.1 Å². The van der Waals surface area contributed by atoms with Crippen molar-refractivity contribution in [3.63, 3.8) is 0 Å². The second-order valence-corrected chi connectivity index (χ2v) is 14.0. The van der Waals surface area contributed by atoms with E-state index in [1.54, 1.807) is 20.4 Å². The number of fused-ring (bicyclic) bond motifs is 1. The van der Waals surface area contributed by atoms with E-state index in [1.165, 1.54) is 0 Å². The summed E-state index contributed by atoms with van der Waals surface area (Å²) in [6.07, 6.45) is 8.96. The third-order valence-corrected chi connectivity index (χ3v) is 10.6. The first-order valence-electron chi connectivity index (χ1n) is 17.2. The molecule has 2 aliphatic rings. The Kier molecular flexibility index (Phi) is 10.3. The average Bonchev–Trinajstić information content (AvgIpc) is 3.66. The molecular weight excluding hydrogens is 705 g/mol. The van der Waals surface area contributed by atoms with Crippen LogP contribution >= 0.6 is 23.2 Å². The van der Waals surface area contributed by atoms with E-state index in [9.17, 15) is 14.7 Å². The number of hydrogen-bond donors (Lipinski definition) is 4. The molecule has 7 rings (SSSR count). The zero-order chi connectivity index (χ0) is 36.4. The molecule has 270 valence electrons. The minimum absolute atomic E-state index is 0.0907. The number of nitrogens with zero attached hydrogens (tertiary/aromatic N) is 4. The monoisotopic (exact) mass is 743 g/mol. The van der Waals surface area contributed by atoms with Gasteiger partial charge in [-0.15, -0.1) is 0 Å². The van der Waals surface area contributed by atoms with Gasteiger partial charge in [0.1, 0.15) is 0 Å². The number of benzene rings is 1. The topological polar surface area (TPSA) is 152 Å². The fourth-order valence-electron chi connectivity index (χ4n) is 6.68. The van der Waals surface area contributed by atoms with Crippen molar-refractivity contribution in [2.75, 3.05) is 27.3 Å². The lowest BCUT2D eigenvalue weighted by Crippen LogP contribution is -2.35. The van der Waals surface area contributed by atoms with E-state index >= 15 is 0 Å². The maximum atomic E-state index is 11.5. The molecule has 1 saturated carbocycles. The van der Waals surface area contributed by atoms with Crippen LogP contribution in [0.5, 0.6) is 11.6 Å². The first-order chi connectivity index (χ1) is 25.2. The average molecular weight is 745 g/mol. The van der Waals surface area contributed by atoms with Crippen molar-refractivity contribution in [2.45, 2.75) is 51.2 Å². The number of aliphatic carboxylic acids is 1. The van der Waals surface area contributed by atoms with Crippen molar-refractivity contribution in [2.24, 2.45) is 5.41 Å². The summed E-state index contributed by atoms with van der Waals surface area (Å²) in [7, 11) is 3.18. The lowest BCUT2D eigenvalue weighted by atomic mass is 10.00. The molecule has 5 aromatic rings. The van der Waals surface area contributed by atoms with Crippen LogP contribution in [-0.2, 0) is 22.7 Å². The van der Waals surface area contributed by atoms with Gasteiger partial charge in [-0.2, -0.15) is 0 Å². The highest BCUT2D eigenvalue weighted by Gasteiger charge is 2.49. The molecule has 1 aromatic carbocycles. The summed E-state index contributed by atoms with van der Waals surface area (Å²) < 4.78 is 13.3. The number of carbonyl (C=O) groups is 2. The number of amides is 1. The number of hydrogen-bond acceptors (Lipinski definition) is 9. The molecule has 12 nitrogen and oxygen atoms in total. The van der Waals surface area contributed by atoms with Crippen molar-refractivity contribution in [1.29, 1.82) is 0 Å². The lowest BCUT2D eigenvalue weighted by molar-refractivity contribution is -0.143. The van der Waals surface area contributed by atoms with Gasteiger partial charge in [-0.05, 0) is 50.4 Å². The van der Waals surface area contributed by atoms with Crippen molar-refractivity contribution >= 4 is 40.7 Å². The van der Waals surface area contributed by atoms with Gasteiger partial charge >= 0.3 is 5.97 Å². The Hall–Kier alpha value is -4.75. The van der Waals surface area contributed by atoms with Crippen LogP contribution in [0.3, 0.4) is 0 Å². The molecule has 1 aliphatic carbocycles. The molecule has 14 heteroatoms. The summed E-state index contributed by atoms with van der Waals surface area (Å²) in [6.45, 7) is 2.28. The highest BCUT2D eigenvalue weighted by Crippen LogP contribution is 2.48. The van der Waals surface area contributed by atoms with E-state index in [-0.39, 0.29) is 11.9 Å². The highest BCUT2D eigenvalue weighted by molar-refractivity contribution is 6.39. The number of pyridine rings is 3. The molecule has 4 N–H and O–H groups in total. The molecule has 0 bridgehead atoms. The lowest BCUT2D eigenvalue weighted by Gasteiger charge is -2.15. The number of nitrogens with one attached hydrogen (secondary N) is 3. The molecular formula is C38H39Cl2N7O5. The van der Waals surface area contributed by atoms with Gasteiger partial charge in [-0.3, -0.25) is 14.6 Å². The minimum atomic E-state index is -0.716. The molecule has 1 aliphatic heterocycles. The number of ether oxygens (including phenoxy) is 2. The van der Waals surface area contributed by atoms with Crippen LogP contribution in [0.2, 0.25) is 10.0 Å². The number of carboxylic acids is 1. The molecule has 1 atom stereocenters. The molecule has 0 radical (unpaired) electrons. The van der Waals surface area contributed by atoms with Crippen molar-refractivity contribution < 1.29 is 24.2 Å². The van der Waals surface area contributed by atoms with Crippen molar-refractivity contribution in [3.8, 4) is 45.3 Å². The number of methoxy groups -OCH3 is 2. The van der Waals surface area contributed by atoms with E-state index in [1.807, 2.05) is 59.3 Å². The third-order valence-electron chi connectivity index (χ3n) is 9.83. The highest BCUT2D eigenvalue weighted by atomic mass is 35.5. The zero-order valence-corrected chi connectivity index (χ0v) is 30.4. The molecule has 0 unspecified atom stereocenters. The van der Waals surface area contributed by atoms with E-state index in [4.69, 9.17) is 42.6 Å². The second-order valence-electron chi connectivity index (χ2n) is 13.3. The van der Waals surface area contributed by atoms with Gasteiger partial charge in [-0.1, -0.05) is 47.5 Å². The molecule has 1 saturated heterocycles. The zero-order valence-electron chi connectivity index (χ0n) is 28.8. The van der Waals surface area contributed by atoms with Crippen LogP contribution < -0.4 is 25.4 Å². The van der Waals surface area contributed by atoms with Gasteiger partial charge < -0.3 is 34.9 Å². The minimum Gasteiger partial charge on any atom is -0.493 e. The first kappa shape index (κ1) is 35.6. The smallest absolute Gasteiger partial charge is 0.309 e. The van der Waals surface area contributed by atoms with Crippen LogP contribution in [0, 0.1) is 5.41 Å². The van der Waals surface area contributed by atoms with Crippen LogP contribution in [0.4, 0.5) is 0 Å². The second kappa shape index (κ2) is 15.1. The third kappa shape index (κ3) is 7.29. The van der Waals surface area contributed by atoms with Gasteiger partial charge in [0, 0.05) is 78.5 Å². The number of halogens is 2. The van der Waals surface area contributed by atoms with Gasteiger partial charge in [0.2, 0.25) is 11.8 Å². The van der Waals surface area contributed by atoms with Crippen LogP contribution in [-0.4, -0.2) is 69.7 Å². The standard InChI is InChI=1S/C38H39Cl2N7O5/c1-51-30-16-23(20-47-21-25(45-35(30)47)19-41-15-13-38(11-12-38)37(49)50)34-33(40)27(10-14-43-34)26-4-3-5-28(32(26)39)29-8-6-22(36(46-29)52-2)17-42-18-24-7-9-31(48)44-24/h3-6,8,10,14,16,20-21,24,41-42H,7,9,11-13,15,17-19H2,1-2H3,(H,44,48)(H,49,50)/t24-/m0/s1. The van der Waals surface area contributed by atoms with Gasteiger partial charge in [0.05, 0.1) is 46.8 Å². The summed E-state index contributed by atoms with van der Waals surface area (Å²) in [6, 6.07) is 13.4. The van der Waals surface area contributed by atoms with Crippen LogP contribution in [0.1, 0.15) is 43.4 Å². The largest absolute Gasteiger partial charge is 0.493 e. The predicted molar refractivity (Wildman–Crippen MR) is 199 cm³/mol. The van der Waals surface area contributed by atoms with E-state index < -0.39 is 11.4 Å². The fraction of sp³-hybridized carbons (Fsp3) is 0.342. The molecule has 4 aromatic heterocycles. The first-order valence-corrected chi connectivity index (χ1v) is 17.9. The van der Waals surface area contributed by atoms with E-state index in [2.05, 4.69) is 20.9 Å². The molecule has 1 amide bonds. The summed E-state index contributed by atoms with van der Waals surface area (Å²) in [5, 5.41) is 20.0. The summed E-state index contributed by atoms with van der Waals surface area (Å²) in [5.74, 6) is 0.414. The maximum absolute atomic E-state index is 11.5. The Bertz CT molecular complexity index is 2150.